The molecule has 0 saturated carbocycles. The van der Waals surface area contributed by atoms with E-state index in [1.165, 1.54) is 13.0 Å². The average Bonchev–Trinajstić information content (AvgIpc) is 3.30. The molecule has 0 spiro atoms. The standard InChI is InChI=1S/C30H43BN3O12P/c1-19(2)33(20(3)4)47(44-15-9-14-32)46-27-25(45-29(31)28(27)43-18-42-26(36)13-12-22(6)35)17-41-30(37)40-16-21(5)23-10-7-8-11-24(23)34(38)39/h7-8,10-11,19-21,25,27-29H,9,12-13,15-18H2,1-6H3/t21?,25-,27?,28+,29-,47?/m1/s1. The number of nitro benzene ring substituents is 1. The van der Waals surface area contributed by atoms with Gasteiger partial charge in [0.2, 0.25) is 0 Å². The summed E-state index contributed by atoms with van der Waals surface area (Å²) in [7, 11) is 4.43. The van der Waals surface area contributed by atoms with Gasteiger partial charge in [0.15, 0.2) is 6.79 Å². The van der Waals surface area contributed by atoms with E-state index in [0.29, 0.717) is 5.56 Å². The highest BCUT2D eigenvalue weighted by atomic mass is 31.2. The Bertz CT molecular complexity index is 1220. The largest absolute Gasteiger partial charge is 0.508 e. The van der Waals surface area contributed by atoms with Gasteiger partial charge >= 0.3 is 12.1 Å². The summed E-state index contributed by atoms with van der Waals surface area (Å²) < 4.78 is 41.8. The molecule has 0 aliphatic carbocycles. The number of carbonyl (C=O) groups excluding carboxylic acids is 3. The molecular formula is C30H43BN3O12P. The molecule has 258 valence electrons. The molecule has 1 fully saturated rings. The van der Waals surface area contributed by atoms with Gasteiger partial charge in [-0.3, -0.25) is 14.9 Å². The van der Waals surface area contributed by atoms with Crippen LogP contribution in [-0.2, 0) is 42.3 Å². The van der Waals surface area contributed by atoms with Gasteiger partial charge in [0.1, 0.15) is 45.2 Å². The van der Waals surface area contributed by atoms with Crippen molar-refractivity contribution in [1.82, 2.24) is 4.67 Å². The van der Waals surface area contributed by atoms with Gasteiger partial charge in [0, 0.05) is 42.1 Å². The van der Waals surface area contributed by atoms with Gasteiger partial charge in [-0.1, -0.05) is 25.1 Å². The number of nitriles is 1. The van der Waals surface area contributed by atoms with Crippen molar-refractivity contribution in [2.45, 2.75) is 103 Å². The minimum Gasteiger partial charge on any atom is -0.438 e. The summed E-state index contributed by atoms with van der Waals surface area (Å²) in [5.74, 6) is -1.31. The first-order valence-corrected chi connectivity index (χ1v) is 16.3. The Morgan fingerprint density at radius 2 is 1.77 bits per heavy atom. The third kappa shape index (κ3) is 13.1. The SMILES string of the molecule is [B][C@@H]1O[C@H](COC(=O)OCC(C)c2ccccc2[N+](=O)[O-])C(OP(OCCC#N)N(C(C)C)C(C)C)[C@@H]1OCOC(=O)CCC(C)=O. The van der Waals surface area contributed by atoms with Crippen molar-refractivity contribution in [2.75, 3.05) is 26.6 Å². The first-order chi connectivity index (χ1) is 22.3. The topological polar surface area (TPSA) is 186 Å². The van der Waals surface area contributed by atoms with E-state index in [9.17, 15) is 24.5 Å². The van der Waals surface area contributed by atoms with E-state index in [-0.39, 0.29) is 62.6 Å². The lowest BCUT2D eigenvalue weighted by atomic mass is 9.93. The van der Waals surface area contributed by atoms with Crippen LogP contribution in [0, 0.1) is 21.4 Å². The molecule has 47 heavy (non-hydrogen) atoms. The predicted molar refractivity (Wildman–Crippen MR) is 169 cm³/mol. The predicted octanol–water partition coefficient (Wildman–Crippen LogP) is 4.66. The van der Waals surface area contributed by atoms with E-state index >= 15 is 0 Å². The van der Waals surface area contributed by atoms with E-state index in [1.54, 1.807) is 25.1 Å². The zero-order valence-corrected chi connectivity index (χ0v) is 28.5. The number of nitro groups is 1. The Morgan fingerprint density at radius 3 is 2.38 bits per heavy atom. The van der Waals surface area contributed by atoms with E-state index in [1.807, 2.05) is 38.4 Å². The Kier molecular flexibility index (Phi) is 17.2. The minimum absolute atomic E-state index is 0.0255. The van der Waals surface area contributed by atoms with Crippen LogP contribution in [0.4, 0.5) is 10.5 Å². The maximum Gasteiger partial charge on any atom is 0.508 e. The molecule has 3 unspecified atom stereocenters. The molecule has 1 aromatic carbocycles. The molecule has 1 heterocycles. The van der Waals surface area contributed by atoms with Gasteiger partial charge in [-0.05, 0) is 34.6 Å². The number of nitrogens with zero attached hydrogens (tertiary/aromatic N) is 3. The monoisotopic (exact) mass is 679 g/mol. The highest BCUT2D eigenvalue weighted by molar-refractivity contribution is 7.44. The van der Waals surface area contributed by atoms with Crippen molar-refractivity contribution in [2.24, 2.45) is 0 Å². The van der Waals surface area contributed by atoms with Crippen LogP contribution >= 0.6 is 8.53 Å². The third-order valence-corrected chi connectivity index (χ3v) is 8.99. The number of hydrogen-bond acceptors (Lipinski definition) is 14. The highest BCUT2D eigenvalue weighted by Crippen LogP contribution is 2.49. The summed E-state index contributed by atoms with van der Waals surface area (Å²) in [6.07, 6.45) is -4.00. The van der Waals surface area contributed by atoms with Crippen LogP contribution in [0.1, 0.15) is 72.3 Å². The van der Waals surface area contributed by atoms with Gasteiger partial charge in [-0.25, -0.2) is 9.46 Å². The molecule has 6 atom stereocenters. The number of benzene rings is 1. The van der Waals surface area contributed by atoms with Crippen molar-refractivity contribution in [1.29, 1.82) is 5.26 Å². The van der Waals surface area contributed by atoms with Crippen LogP contribution in [-0.4, -0.2) is 98.4 Å². The van der Waals surface area contributed by atoms with Crippen LogP contribution in [0.15, 0.2) is 24.3 Å². The van der Waals surface area contributed by atoms with Gasteiger partial charge < -0.3 is 37.5 Å². The molecule has 0 amide bonds. The van der Waals surface area contributed by atoms with E-state index in [4.69, 9.17) is 45.8 Å². The number of carbonyl (C=O) groups is 3. The summed E-state index contributed by atoms with van der Waals surface area (Å²) in [5, 5.41) is 20.5. The van der Waals surface area contributed by atoms with Crippen LogP contribution in [0.3, 0.4) is 0 Å². The van der Waals surface area contributed by atoms with Gasteiger partial charge in [0.05, 0.1) is 30.4 Å². The van der Waals surface area contributed by atoms with Crippen molar-refractivity contribution in [3.8, 4) is 6.07 Å². The summed E-state index contributed by atoms with van der Waals surface area (Å²) in [4.78, 5) is 46.7. The van der Waals surface area contributed by atoms with E-state index < -0.39 is 62.6 Å². The molecule has 15 nitrogen and oxygen atoms in total. The number of ether oxygens (including phenoxy) is 5. The first kappa shape index (κ1) is 40.0. The number of rotatable bonds is 20. The Balaban J connectivity index is 2.17. The number of ketones is 1. The maximum absolute atomic E-state index is 12.6. The van der Waals surface area contributed by atoms with Crippen molar-refractivity contribution < 1.29 is 52.0 Å². The lowest BCUT2D eigenvalue weighted by molar-refractivity contribution is -0.385. The molecular weight excluding hydrogens is 636 g/mol. The second kappa shape index (κ2) is 20.2. The summed E-state index contributed by atoms with van der Waals surface area (Å²) >= 11 is 0. The fourth-order valence-corrected chi connectivity index (χ4v) is 6.45. The fraction of sp³-hybridized carbons (Fsp3) is 0.667. The molecule has 17 heteroatoms. The quantitative estimate of drug-likeness (QED) is 0.0352. The second-order valence-electron chi connectivity index (χ2n) is 11.3. The number of esters is 1. The molecule has 0 N–H and O–H groups in total. The van der Waals surface area contributed by atoms with Gasteiger partial charge in [0.25, 0.3) is 14.2 Å². The van der Waals surface area contributed by atoms with Crippen LogP contribution in [0.25, 0.3) is 0 Å². The first-order valence-electron chi connectivity index (χ1n) is 15.2. The van der Waals surface area contributed by atoms with E-state index in [0.717, 1.165) is 0 Å². The van der Waals surface area contributed by atoms with E-state index in [2.05, 4.69) is 0 Å². The zero-order chi connectivity index (χ0) is 35.1. The summed E-state index contributed by atoms with van der Waals surface area (Å²) in [5.41, 5.74) is 0.307. The Labute approximate surface area is 277 Å². The molecule has 0 aromatic heterocycles. The molecule has 2 radical (unpaired) electrons. The molecule has 2 rings (SSSR count). The third-order valence-electron chi connectivity index (χ3n) is 6.86. The molecule has 0 bridgehead atoms. The average molecular weight is 679 g/mol. The van der Waals surface area contributed by atoms with Crippen molar-refractivity contribution in [3.05, 3.63) is 39.9 Å². The fourth-order valence-electron chi connectivity index (χ4n) is 4.68. The lowest BCUT2D eigenvalue weighted by Gasteiger charge is -2.38. The summed E-state index contributed by atoms with van der Waals surface area (Å²) in [6.45, 7) is 9.88. The molecule has 1 aliphatic rings. The van der Waals surface area contributed by atoms with Gasteiger partial charge in [-0.15, -0.1) is 0 Å². The number of hydrogen-bond donors (Lipinski definition) is 0. The number of para-hydroxylation sites is 1. The van der Waals surface area contributed by atoms with Crippen LogP contribution < -0.4 is 0 Å². The molecule has 1 aromatic rings. The van der Waals surface area contributed by atoms with Crippen molar-refractivity contribution >= 4 is 40.0 Å². The Hall–Kier alpha value is -3.19. The smallest absolute Gasteiger partial charge is 0.438 e. The van der Waals surface area contributed by atoms with Gasteiger partial charge in [-0.2, -0.15) is 5.26 Å². The molecule has 1 aliphatic heterocycles. The maximum atomic E-state index is 12.6. The highest BCUT2D eigenvalue weighted by Gasteiger charge is 2.47. The number of Topliss-reactive ketones (excluding diaryl/α,β-unsaturated/α-hetero) is 1. The minimum atomic E-state index is -1.82. The van der Waals surface area contributed by atoms with Crippen LogP contribution in [0.2, 0.25) is 0 Å². The normalized spacial score (nSPS) is 20.5. The summed E-state index contributed by atoms with van der Waals surface area (Å²) in [6, 6.07) is 7.03. The zero-order valence-electron chi connectivity index (χ0n) is 27.6. The Morgan fingerprint density at radius 1 is 1.09 bits per heavy atom. The van der Waals surface area contributed by atoms with Crippen molar-refractivity contribution in [3.63, 3.8) is 0 Å². The second-order valence-corrected chi connectivity index (χ2v) is 12.7. The van der Waals surface area contributed by atoms with Crippen LogP contribution in [0.5, 0.6) is 0 Å². The molecule has 1 saturated heterocycles. The lowest BCUT2D eigenvalue weighted by Crippen LogP contribution is -2.42.